The monoisotopic (exact) mass is 412 g/mol. The molecule has 0 aliphatic carbocycles. The van der Waals surface area contributed by atoms with Crippen LogP contribution in [0, 0.1) is 0 Å². The van der Waals surface area contributed by atoms with E-state index in [1.54, 1.807) is 9.69 Å². The first kappa shape index (κ1) is 21.3. The largest absolute Gasteiger partial charge is 0.294 e. The highest BCUT2D eigenvalue weighted by atomic mass is 32.2. The van der Waals surface area contributed by atoms with E-state index in [-0.39, 0.29) is 17.1 Å². The van der Waals surface area contributed by atoms with Crippen LogP contribution in [-0.4, -0.2) is 26.6 Å². The lowest BCUT2D eigenvalue weighted by molar-refractivity contribution is -0.119. The molecule has 154 valence electrons. The summed E-state index contributed by atoms with van der Waals surface area (Å²) in [4.78, 5) is 26.6. The second-order valence-corrected chi connectivity index (χ2v) is 9.17. The third kappa shape index (κ3) is 4.29. The molecule has 29 heavy (non-hydrogen) atoms. The molecule has 1 aliphatic rings. The summed E-state index contributed by atoms with van der Waals surface area (Å²) >= 11 is 1.29. The normalized spacial score (nSPS) is 14.2. The highest BCUT2D eigenvalue weighted by Crippen LogP contribution is 2.40. The van der Waals surface area contributed by atoms with Gasteiger partial charge in [-0.3, -0.25) is 9.59 Å². The molecule has 3 rings (SSSR count). The standard InChI is InChI=1S/C22H28N4O2S/c1-6-8-17(27)20-19(15-10-12-16(13-11-15)22(3,4)5)26(18(28)9-7-2)25-14-23-24-21(25)29-20/h10-14H,6-9H2,1-5H3. The van der Waals surface area contributed by atoms with Crippen LogP contribution in [0.3, 0.4) is 0 Å². The number of allylic oxidation sites excluding steroid dienone is 1. The summed E-state index contributed by atoms with van der Waals surface area (Å²) < 4.78 is 1.65. The minimum Gasteiger partial charge on any atom is -0.294 e. The zero-order valence-electron chi connectivity index (χ0n) is 17.7. The molecule has 0 unspecified atom stereocenters. The van der Waals surface area contributed by atoms with Crippen LogP contribution in [0.4, 0.5) is 0 Å². The van der Waals surface area contributed by atoms with Gasteiger partial charge in [0.1, 0.15) is 6.33 Å². The van der Waals surface area contributed by atoms with Crippen LogP contribution < -0.4 is 5.01 Å². The number of amides is 1. The molecule has 0 fully saturated rings. The summed E-state index contributed by atoms with van der Waals surface area (Å²) in [5.74, 6) is -0.0542. The van der Waals surface area contributed by atoms with Gasteiger partial charge in [-0.05, 0) is 35.6 Å². The molecule has 0 bridgehead atoms. The number of carbonyl (C=O) groups excluding carboxylic acids is 2. The van der Waals surface area contributed by atoms with Crippen molar-refractivity contribution in [2.75, 3.05) is 5.01 Å². The number of nitrogens with zero attached hydrogens (tertiary/aromatic N) is 4. The zero-order valence-corrected chi connectivity index (χ0v) is 18.5. The topological polar surface area (TPSA) is 68.1 Å². The summed E-state index contributed by atoms with van der Waals surface area (Å²) in [6, 6.07) is 8.13. The van der Waals surface area contributed by atoms with Crippen molar-refractivity contribution in [1.82, 2.24) is 14.9 Å². The molecule has 0 saturated carbocycles. The van der Waals surface area contributed by atoms with Crippen LogP contribution in [0.1, 0.15) is 71.4 Å². The number of benzene rings is 1. The lowest BCUT2D eigenvalue weighted by Gasteiger charge is -2.32. The fourth-order valence-corrected chi connectivity index (χ4v) is 4.25. The van der Waals surface area contributed by atoms with Gasteiger partial charge >= 0.3 is 0 Å². The Balaban J connectivity index is 2.18. The Morgan fingerprint density at radius 3 is 2.28 bits per heavy atom. The second kappa shape index (κ2) is 8.53. The molecular formula is C22H28N4O2S. The molecule has 1 aromatic heterocycles. The number of hydrogen-bond donors (Lipinski definition) is 0. The molecule has 0 spiro atoms. The predicted molar refractivity (Wildman–Crippen MR) is 116 cm³/mol. The van der Waals surface area contributed by atoms with E-state index in [1.807, 2.05) is 26.0 Å². The third-order valence-corrected chi connectivity index (χ3v) is 5.87. The van der Waals surface area contributed by atoms with Gasteiger partial charge in [0.05, 0.1) is 10.6 Å². The van der Waals surface area contributed by atoms with Crippen LogP contribution in [0.15, 0.2) is 40.7 Å². The van der Waals surface area contributed by atoms with Crippen LogP contribution in [-0.2, 0) is 15.0 Å². The smallest absolute Gasteiger partial charge is 0.246 e. The number of carbonyl (C=O) groups is 2. The molecule has 0 N–H and O–H groups in total. The number of ketones is 1. The minimum atomic E-state index is -0.0782. The second-order valence-electron chi connectivity index (χ2n) is 8.19. The van der Waals surface area contributed by atoms with Gasteiger partial charge in [-0.1, -0.05) is 58.9 Å². The minimum absolute atomic E-state index is 0.0221. The predicted octanol–water partition coefficient (Wildman–Crippen LogP) is 4.68. The van der Waals surface area contributed by atoms with Gasteiger partial charge in [-0.25, -0.2) is 9.69 Å². The van der Waals surface area contributed by atoms with Crippen molar-refractivity contribution in [3.05, 3.63) is 46.6 Å². The Kier molecular flexibility index (Phi) is 6.27. The molecule has 0 radical (unpaired) electrons. The molecule has 2 aromatic rings. The average Bonchev–Trinajstić information content (AvgIpc) is 3.14. The van der Waals surface area contributed by atoms with E-state index >= 15 is 0 Å². The van der Waals surface area contributed by atoms with Gasteiger partial charge in [0.2, 0.25) is 11.1 Å². The van der Waals surface area contributed by atoms with Gasteiger partial charge < -0.3 is 0 Å². The van der Waals surface area contributed by atoms with Crippen LogP contribution in [0.5, 0.6) is 0 Å². The first-order valence-electron chi connectivity index (χ1n) is 10.1. The summed E-state index contributed by atoms with van der Waals surface area (Å²) in [6.07, 6.45) is 3.79. The summed E-state index contributed by atoms with van der Waals surface area (Å²) in [7, 11) is 0. The Bertz CT molecular complexity index is 938. The molecule has 1 amide bonds. The van der Waals surface area contributed by atoms with Crippen molar-refractivity contribution >= 4 is 29.1 Å². The number of aromatic nitrogens is 3. The highest BCUT2D eigenvalue weighted by Gasteiger charge is 2.34. The van der Waals surface area contributed by atoms with E-state index in [1.165, 1.54) is 23.7 Å². The molecule has 1 aromatic carbocycles. The first-order chi connectivity index (χ1) is 13.8. The van der Waals surface area contributed by atoms with Crippen molar-refractivity contribution in [2.24, 2.45) is 0 Å². The van der Waals surface area contributed by atoms with E-state index < -0.39 is 0 Å². The van der Waals surface area contributed by atoms with Gasteiger partial charge in [0.15, 0.2) is 5.78 Å². The third-order valence-electron chi connectivity index (χ3n) is 4.79. The van der Waals surface area contributed by atoms with E-state index in [4.69, 9.17) is 0 Å². The van der Waals surface area contributed by atoms with E-state index in [9.17, 15) is 9.59 Å². The van der Waals surface area contributed by atoms with Crippen molar-refractivity contribution in [1.29, 1.82) is 0 Å². The Morgan fingerprint density at radius 1 is 1.03 bits per heavy atom. The molecule has 6 nitrogen and oxygen atoms in total. The number of Topliss-reactive ketones (excluding diaryl/α,β-unsaturated/α-hetero) is 1. The van der Waals surface area contributed by atoms with Crippen molar-refractivity contribution < 1.29 is 9.59 Å². The van der Waals surface area contributed by atoms with Crippen LogP contribution in [0.2, 0.25) is 0 Å². The molecule has 7 heteroatoms. The van der Waals surface area contributed by atoms with E-state index in [0.717, 1.165) is 12.0 Å². The molecule has 0 atom stereocenters. The molecule has 1 aliphatic heterocycles. The molecule has 2 heterocycles. The first-order valence-corrected chi connectivity index (χ1v) is 10.9. The number of hydrogen-bond acceptors (Lipinski definition) is 5. The van der Waals surface area contributed by atoms with Gasteiger partial charge in [-0.15, -0.1) is 10.2 Å². The Hall–Kier alpha value is -2.41. The maximum Gasteiger partial charge on any atom is 0.246 e. The SMILES string of the molecule is CCCC(=O)C1=C(c2ccc(C(C)(C)C)cc2)N(C(=O)CCC)n2cnnc2S1. The molecular weight excluding hydrogens is 384 g/mol. The van der Waals surface area contributed by atoms with Crippen molar-refractivity contribution in [3.63, 3.8) is 0 Å². The zero-order chi connectivity index (χ0) is 21.2. The van der Waals surface area contributed by atoms with Gasteiger partial charge in [0.25, 0.3) is 0 Å². The molecule has 0 saturated heterocycles. The van der Waals surface area contributed by atoms with Crippen molar-refractivity contribution in [3.8, 4) is 0 Å². The number of rotatable bonds is 6. The van der Waals surface area contributed by atoms with E-state index in [2.05, 4.69) is 43.1 Å². The summed E-state index contributed by atoms with van der Waals surface area (Å²) in [5, 5.41) is 10.2. The quantitative estimate of drug-likeness (QED) is 0.689. The lowest BCUT2D eigenvalue weighted by Crippen LogP contribution is -2.41. The van der Waals surface area contributed by atoms with Crippen LogP contribution in [0.25, 0.3) is 5.70 Å². The number of fused-ring (bicyclic) bond motifs is 1. The average molecular weight is 413 g/mol. The summed E-state index contributed by atoms with van der Waals surface area (Å²) in [5.41, 5.74) is 2.69. The number of thioether (sulfide) groups is 1. The fourth-order valence-electron chi connectivity index (χ4n) is 3.24. The Morgan fingerprint density at radius 2 is 1.69 bits per heavy atom. The van der Waals surface area contributed by atoms with Crippen molar-refractivity contribution in [2.45, 2.75) is 70.9 Å². The van der Waals surface area contributed by atoms with E-state index in [0.29, 0.717) is 35.0 Å². The Labute approximate surface area is 176 Å². The maximum atomic E-state index is 13.1. The summed E-state index contributed by atoms with van der Waals surface area (Å²) in [6.45, 7) is 10.4. The van der Waals surface area contributed by atoms with Crippen LogP contribution >= 0.6 is 11.8 Å². The highest BCUT2D eigenvalue weighted by molar-refractivity contribution is 8.04. The lowest BCUT2D eigenvalue weighted by atomic mass is 9.86. The fraction of sp³-hybridized carbons (Fsp3) is 0.455. The van der Waals surface area contributed by atoms with Gasteiger partial charge in [0, 0.05) is 18.4 Å². The van der Waals surface area contributed by atoms with Gasteiger partial charge in [-0.2, -0.15) is 0 Å². The maximum absolute atomic E-state index is 13.1.